The molecule has 1 amide bonds. The van der Waals surface area contributed by atoms with Crippen LogP contribution in [-0.2, 0) is 21.2 Å². The first kappa shape index (κ1) is 20.8. The van der Waals surface area contributed by atoms with Crippen LogP contribution in [0.4, 0.5) is 5.69 Å². The maximum absolute atomic E-state index is 12.2. The lowest BCUT2D eigenvalue weighted by atomic mass is 10.1. The highest BCUT2D eigenvalue weighted by Gasteiger charge is 2.20. The Morgan fingerprint density at radius 1 is 1.07 bits per heavy atom. The van der Waals surface area contributed by atoms with Gasteiger partial charge in [-0.05, 0) is 49.6 Å². The third kappa shape index (κ3) is 6.60. The summed E-state index contributed by atoms with van der Waals surface area (Å²) < 4.78 is 30.3. The van der Waals surface area contributed by atoms with Crippen LogP contribution in [0.3, 0.4) is 0 Å². The molecule has 6 nitrogen and oxygen atoms in total. The average molecular weight is 391 g/mol. The quantitative estimate of drug-likeness (QED) is 0.668. The van der Waals surface area contributed by atoms with Gasteiger partial charge < -0.3 is 10.1 Å². The minimum Gasteiger partial charge on any atom is -0.497 e. The zero-order chi connectivity index (χ0) is 19.9. The number of anilines is 1. The fourth-order valence-corrected chi connectivity index (χ4v) is 3.47. The van der Waals surface area contributed by atoms with Gasteiger partial charge in [0.15, 0.2) is 0 Å². The smallest absolute Gasteiger partial charge is 0.240 e. The molecular formula is C20H26N2O4S. The van der Waals surface area contributed by atoms with Crippen molar-refractivity contribution in [2.24, 2.45) is 0 Å². The molecule has 0 atom stereocenters. The van der Waals surface area contributed by atoms with Gasteiger partial charge in [0.25, 0.3) is 0 Å². The lowest BCUT2D eigenvalue weighted by Gasteiger charge is -2.22. The monoisotopic (exact) mass is 390 g/mol. The predicted octanol–water partition coefficient (Wildman–Crippen LogP) is 2.52. The summed E-state index contributed by atoms with van der Waals surface area (Å²) in [5, 5.41) is 2.79. The first-order valence-electron chi connectivity index (χ1n) is 8.73. The van der Waals surface area contributed by atoms with Crippen molar-refractivity contribution >= 4 is 21.6 Å². The first-order valence-corrected chi connectivity index (χ1v) is 10.6. The van der Waals surface area contributed by atoms with Crippen LogP contribution in [0.25, 0.3) is 0 Å². The van der Waals surface area contributed by atoms with Crippen LogP contribution in [0.15, 0.2) is 48.5 Å². The second kappa shape index (κ2) is 9.41. The number of nitrogens with one attached hydrogen (secondary N) is 1. The molecule has 0 aliphatic heterocycles. The van der Waals surface area contributed by atoms with Crippen LogP contribution in [0, 0.1) is 6.92 Å². The van der Waals surface area contributed by atoms with Crippen LogP contribution in [0.1, 0.15) is 17.5 Å². The fraction of sp³-hybridized carbons (Fsp3) is 0.350. The minimum absolute atomic E-state index is 0.254. The highest BCUT2D eigenvalue weighted by Crippen LogP contribution is 2.21. The summed E-state index contributed by atoms with van der Waals surface area (Å²) in [6.45, 7) is 2.28. The van der Waals surface area contributed by atoms with Gasteiger partial charge in [-0.25, -0.2) is 8.42 Å². The second-order valence-corrected chi connectivity index (χ2v) is 8.31. The summed E-state index contributed by atoms with van der Waals surface area (Å²) in [6, 6.07) is 14.8. The van der Waals surface area contributed by atoms with E-state index in [2.05, 4.69) is 29.6 Å². The zero-order valence-corrected chi connectivity index (χ0v) is 16.8. The molecule has 0 saturated heterocycles. The van der Waals surface area contributed by atoms with Crippen LogP contribution in [-0.4, -0.2) is 40.8 Å². The lowest BCUT2D eigenvalue weighted by Crippen LogP contribution is -2.40. The number of carbonyl (C=O) groups is 1. The SMILES string of the molecule is COc1ccc(N(CC(=O)NCCCc2ccc(C)cc2)S(C)(=O)=O)cc1. The summed E-state index contributed by atoms with van der Waals surface area (Å²) in [5.74, 6) is 0.285. The molecule has 0 heterocycles. The van der Waals surface area contributed by atoms with E-state index < -0.39 is 10.0 Å². The van der Waals surface area contributed by atoms with Crippen molar-refractivity contribution in [3.63, 3.8) is 0 Å². The summed E-state index contributed by atoms with van der Waals surface area (Å²) in [6.07, 6.45) is 2.73. The second-order valence-electron chi connectivity index (χ2n) is 6.41. The number of benzene rings is 2. The summed E-state index contributed by atoms with van der Waals surface area (Å²) in [7, 11) is -2.04. The molecule has 2 rings (SSSR count). The minimum atomic E-state index is -3.58. The molecule has 27 heavy (non-hydrogen) atoms. The molecule has 2 aromatic rings. The van der Waals surface area contributed by atoms with Crippen molar-refractivity contribution in [3.8, 4) is 5.75 Å². The van der Waals surface area contributed by atoms with Crippen molar-refractivity contribution in [1.29, 1.82) is 0 Å². The van der Waals surface area contributed by atoms with Gasteiger partial charge in [0.2, 0.25) is 15.9 Å². The van der Waals surface area contributed by atoms with Crippen LogP contribution < -0.4 is 14.4 Å². The number of methoxy groups -OCH3 is 1. The Balaban J connectivity index is 1.88. The molecule has 0 unspecified atom stereocenters. The maximum atomic E-state index is 12.2. The van der Waals surface area contributed by atoms with Crippen LogP contribution in [0.2, 0.25) is 0 Å². The third-order valence-electron chi connectivity index (χ3n) is 4.13. The number of amides is 1. The number of ether oxygens (including phenoxy) is 1. The first-order chi connectivity index (χ1) is 12.8. The summed E-state index contributed by atoms with van der Waals surface area (Å²) >= 11 is 0. The van der Waals surface area contributed by atoms with Crippen molar-refractivity contribution in [2.75, 3.05) is 30.8 Å². The number of hydrogen-bond donors (Lipinski definition) is 1. The van der Waals surface area contributed by atoms with Gasteiger partial charge in [-0.1, -0.05) is 29.8 Å². The van der Waals surface area contributed by atoms with Crippen molar-refractivity contribution in [3.05, 3.63) is 59.7 Å². The molecule has 0 saturated carbocycles. The molecule has 146 valence electrons. The Kier molecular flexibility index (Phi) is 7.24. The van der Waals surface area contributed by atoms with Crippen LogP contribution >= 0.6 is 0 Å². The van der Waals surface area contributed by atoms with Crippen molar-refractivity contribution in [1.82, 2.24) is 5.32 Å². The van der Waals surface area contributed by atoms with Crippen molar-refractivity contribution in [2.45, 2.75) is 19.8 Å². The highest BCUT2D eigenvalue weighted by atomic mass is 32.2. The number of hydrogen-bond acceptors (Lipinski definition) is 4. The van der Waals surface area contributed by atoms with E-state index in [1.165, 1.54) is 18.2 Å². The van der Waals surface area contributed by atoms with E-state index in [1.54, 1.807) is 24.3 Å². The fourth-order valence-electron chi connectivity index (χ4n) is 2.61. The molecule has 2 aromatic carbocycles. The van der Waals surface area contributed by atoms with Crippen LogP contribution in [0.5, 0.6) is 5.75 Å². The molecular weight excluding hydrogens is 364 g/mol. The summed E-state index contributed by atoms with van der Waals surface area (Å²) in [4.78, 5) is 12.2. The maximum Gasteiger partial charge on any atom is 0.240 e. The normalized spacial score (nSPS) is 11.1. The molecule has 7 heteroatoms. The van der Waals surface area contributed by atoms with Crippen molar-refractivity contribution < 1.29 is 17.9 Å². The number of carbonyl (C=O) groups excluding carboxylic acids is 1. The van der Waals surface area contributed by atoms with E-state index in [9.17, 15) is 13.2 Å². The molecule has 0 aliphatic rings. The van der Waals surface area contributed by atoms with Gasteiger partial charge in [0.05, 0.1) is 19.1 Å². The average Bonchev–Trinajstić information content (AvgIpc) is 2.64. The van der Waals surface area contributed by atoms with Gasteiger partial charge in [0, 0.05) is 6.54 Å². The van der Waals surface area contributed by atoms with E-state index in [4.69, 9.17) is 4.74 Å². The van der Waals surface area contributed by atoms with E-state index in [0.29, 0.717) is 18.0 Å². The van der Waals surface area contributed by atoms with Gasteiger partial charge in [-0.2, -0.15) is 0 Å². The van der Waals surface area contributed by atoms with Gasteiger partial charge in [-0.15, -0.1) is 0 Å². The van der Waals surface area contributed by atoms with Gasteiger partial charge in [0.1, 0.15) is 12.3 Å². The number of aryl methyl sites for hydroxylation is 2. The Bertz CT molecular complexity index is 847. The number of rotatable bonds is 9. The van der Waals surface area contributed by atoms with E-state index in [1.807, 2.05) is 6.92 Å². The Morgan fingerprint density at radius 3 is 2.26 bits per heavy atom. The molecule has 0 radical (unpaired) electrons. The summed E-state index contributed by atoms with van der Waals surface area (Å²) in [5.41, 5.74) is 2.85. The molecule has 0 bridgehead atoms. The van der Waals surface area contributed by atoms with E-state index >= 15 is 0 Å². The predicted molar refractivity (Wildman–Crippen MR) is 108 cm³/mol. The molecule has 0 spiro atoms. The van der Waals surface area contributed by atoms with Gasteiger partial charge in [-0.3, -0.25) is 9.10 Å². The molecule has 1 N–H and O–H groups in total. The topological polar surface area (TPSA) is 75.7 Å². The standard InChI is InChI=1S/C20H26N2O4S/c1-16-6-8-17(9-7-16)5-4-14-21-20(23)15-22(27(3,24)25)18-10-12-19(26-2)13-11-18/h6-13H,4-5,14-15H2,1-3H3,(H,21,23). The Morgan fingerprint density at radius 2 is 1.70 bits per heavy atom. The highest BCUT2D eigenvalue weighted by molar-refractivity contribution is 7.92. The Labute approximate surface area is 161 Å². The number of nitrogens with zero attached hydrogens (tertiary/aromatic N) is 1. The largest absolute Gasteiger partial charge is 0.497 e. The zero-order valence-electron chi connectivity index (χ0n) is 15.9. The number of sulfonamides is 1. The Hall–Kier alpha value is -2.54. The van der Waals surface area contributed by atoms with Gasteiger partial charge >= 0.3 is 0 Å². The molecule has 0 aromatic heterocycles. The molecule has 0 aliphatic carbocycles. The lowest BCUT2D eigenvalue weighted by molar-refractivity contribution is -0.119. The molecule has 0 fully saturated rings. The van der Waals surface area contributed by atoms with E-state index in [-0.39, 0.29) is 12.5 Å². The third-order valence-corrected chi connectivity index (χ3v) is 5.27. The van der Waals surface area contributed by atoms with E-state index in [0.717, 1.165) is 23.4 Å².